The molecule has 3 rings (SSSR count). The maximum absolute atomic E-state index is 11.1. The van der Waals surface area contributed by atoms with E-state index in [1.807, 2.05) is 24.5 Å². The number of aromatic nitrogens is 2. The summed E-state index contributed by atoms with van der Waals surface area (Å²) in [6, 6.07) is 5.82. The second kappa shape index (κ2) is 4.49. The van der Waals surface area contributed by atoms with E-state index < -0.39 is 5.97 Å². The lowest BCUT2D eigenvalue weighted by molar-refractivity contribution is 0.0696. The van der Waals surface area contributed by atoms with Crippen molar-refractivity contribution in [2.75, 3.05) is 5.75 Å². The Kier molecular flexibility index (Phi) is 2.83. The third-order valence-corrected chi connectivity index (χ3v) is 4.20. The van der Waals surface area contributed by atoms with Crippen LogP contribution in [0, 0.1) is 0 Å². The minimum absolute atomic E-state index is 0.181. The van der Waals surface area contributed by atoms with Crippen LogP contribution in [0.2, 0.25) is 0 Å². The lowest BCUT2D eigenvalue weighted by Gasteiger charge is -2.26. The van der Waals surface area contributed by atoms with E-state index in [2.05, 4.69) is 9.55 Å². The van der Waals surface area contributed by atoms with Gasteiger partial charge in [0.05, 0.1) is 11.6 Å². The molecule has 18 heavy (non-hydrogen) atoms. The average molecular weight is 260 g/mol. The molecule has 5 heteroatoms. The number of hydrogen-bond donors (Lipinski definition) is 1. The van der Waals surface area contributed by atoms with Gasteiger partial charge < -0.3 is 9.67 Å². The summed E-state index contributed by atoms with van der Waals surface area (Å²) in [6.45, 7) is 0. The molecule has 0 amide bonds. The summed E-state index contributed by atoms with van der Waals surface area (Å²) in [7, 11) is 0. The van der Waals surface area contributed by atoms with Crippen molar-refractivity contribution in [1.29, 1.82) is 0 Å². The number of thioether (sulfide) groups is 1. The highest BCUT2D eigenvalue weighted by molar-refractivity contribution is 7.98. The molecule has 0 saturated heterocycles. The normalized spacial score (nSPS) is 18.3. The van der Waals surface area contributed by atoms with Crippen LogP contribution in [-0.4, -0.2) is 26.4 Å². The SMILES string of the molecule is O=C(O)c1ccn2c1CSC[C@@H]2c1cccnc1. The number of carboxylic acids is 1. The fraction of sp³-hybridized carbons (Fsp3) is 0.231. The van der Waals surface area contributed by atoms with Crippen LogP contribution in [-0.2, 0) is 5.75 Å². The molecule has 3 heterocycles. The van der Waals surface area contributed by atoms with E-state index in [9.17, 15) is 4.79 Å². The van der Waals surface area contributed by atoms with Gasteiger partial charge in [-0.1, -0.05) is 6.07 Å². The van der Waals surface area contributed by atoms with Gasteiger partial charge in [0, 0.05) is 35.8 Å². The third-order valence-electron chi connectivity index (χ3n) is 3.17. The maximum atomic E-state index is 11.1. The summed E-state index contributed by atoms with van der Waals surface area (Å²) in [5.74, 6) is 0.855. The first kappa shape index (κ1) is 11.3. The standard InChI is InChI=1S/C13H12N2O2S/c16-13(17)10-3-5-15-11(7-18-8-12(10)15)9-2-1-4-14-6-9/h1-6,11H,7-8H2,(H,16,17)/t11-/m1/s1. The lowest BCUT2D eigenvalue weighted by Crippen LogP contribution is -2.20. The van der Waals surface area contributed by atoms with E-state index >= 15 is 0 Å². The van der Waals surface area contributed by atoms with Gasteiger partial charge >= 0.3 is 5.97 Å². The predicted molar refractivity (Wildman–Crippen MR) is 69.9 cm³/mol. The lowest BCUT2D eigenvalue weighted by atomic mass is 10.1. The fourth-order valence-electron chi connectivity index (χ4n) is 2.30. The average Bonchev–Trinajstić information content (AvgIpc) is 2.83. The van der Waals surface area contributed by atoms with Gasteiger partial charge in [-0.2, -0.15) is 11.8 Å². The smallest absolute Gasteiger partial charge is 0.337 e. The number of nitrogens with zero attached hydrogens (tertiary/aromatic N) is 2. The zero-order valence-electron chi connectivity index (χ0n) is 9.61. The van der Waals surface area contributed by atoms with Crippen molar-refractivity contribution in [2.24, 2.45) is 0 Å². The number of hydrogen-bond acceptors (Lipinski definition) is 3. The Bertz CT molecular complexity index is 580. The second-order valence-corrected chi connectivity index (χ2v) is 5.24. The minimum atomic E-state index is -0.851. The monoisotopic (exact) mass is 260 g/mol. The quantitative estimate of drug-likeness (QED) is 0.901. The van der Waals surface area contributed by atoms with E-state index in [-0.39, 0.29) is 6.04 Å². The number of carbonyl (C=O) groups is 1. The highest BCUT2D eigenvalue weighted by Crippen LogP contribution is 2.33. The van der Waals surface area contributed by atoms with Crippen LogP contribution in [0.15, 0.2) is 36.8 Å². The largest absolute Gasteiger partial charge is 0.478 e. The molecule has 1 aliphatic heterocycles. The van der Waals surface area contributed by atoms with Crippen LogP contribution < -0.4 is 0 Å². The third kappa shape index (κ3) is 1.80. The van der Waals surface area contributed by atoms with Gasteiger partial charge in [0.15, 0.2) is 0 Å². The number of fused-ring (bicyclic) bond motifs is 1. The first-order valence-corrected chi connectivity index (χ1v) is 6.83. The minimum Gasteiger partial charge on any atom is -0.478 e. The molecule has 1 atom stereocenters. The molecular weight excluding hydrogens is 248 g/mol. The van der Waals surface area contributed by atoms with Crippen LogP contribution in [0.1, 0.15) is 27.7 Å². The number of rotatable bonds is 2. The highest BCUT2D eigenvalue weighted by Gasteiger charge is 2.25. The summed E-state index contributed by atoms with van der Waals surface area (Å²) < 4.78 is 2.07. The van der Waals surface area contributed by atoms with Crippen molar-refractivity contribution in [1.82, 2.24) is 9.55 Å². The second-order valence-electron chi connectivity index (χ2n) is 4.21. The molecule has 0 saturated carbocycles. The van der Waals surface area contributed by atoms with E-state index in [0.717, 1.165) is 22.8 Å². The molecule has 0 radical (unpaired) electrons. The maximum Gasteiger partial charge on any atom is 0.337 e. The van der Waals surface area contributed by atoms with E-state index in [1.54, 1.807) is 24.0 Å². The van der Waals surface area contributed by atoms with Crippen molar-refractivity contribution in [3.8, 4) is 0 Å². The number of carboxylic acid groups (broad SMARTS) is 1. The van der Waals surface area contributed by atoms with Crippen LogP contribution in [0.4, 0.5) is 0 Å². The molecule has 0 unspecified atom stereocenters. The number of pyridine rings is 1. The van der Waals surface area contributed by atoms with Gasteiger partial charge in [-0.15, -0.1) is 0 Å². The van der Waals surface area contributed by atoms with Crippen molar-refractivity contribution in [3.63, 3.8) is 0 Å². The molecule has 0 fully saturated rings. The Morgan fingerprint density at radius 3 is 3.11 bits per heavy atom. The van der Waals surface area contributed by atoms with Gasteiger partial charge in [0.2, 0.25) is 0 Å². The summed E-state index contributed by atoms with van der Waals surface area (Å²) in [5.41, 5.74) is 2.43. The van der Waals surface area contributed by atoms with Gasteiger partial charge in [-0.05, 0) is 17.7 Å². The molecule has 4 nitrogen and oxygen atoms in total. The zero-order chi connectivity index (χ0) is 12.5. The van der Waals surface area contributed by atoms with E-state index in [4.69, 9.17) is 5.11 Å². The highest BCUT2D eigenvalue weighted by atomic mass is 32.2. The van der Waals surface area contributed by atoms with Crippen molar-refractivity contribution in [2.45, 2.75) is 11.8 Å². The molecule has 0 spiro atoms. The van der Waals surface area contributed by atoms with E-state index in [0.29, 0.717) is 5.56 Å². The Balaban J connectivity index is 2.06. The molecule has 2 aromatic heterocycles. The topological polar surface area (TPSA) is 55.1 Å². The van der Waals surface area contributed by atoms with Gasteiger partial charge in [-0.25, -0.2) is 4.79 Å². The summed E-state index contributed by atoms with van der Waals surface area (Å²) in [4.78, 5) is 15.3. The van der Waals surface area contributed by atoms with Crippen LogP contribution in [0.25, 0.3) is 0 Å². The predicted octanol–water partition coefficient (Wildman–Crippen LogP) is 2.42. The molecule has 1 N–H and O–H groups in total. The Morgan fingerprint density at radius 2 is 2.39 bits per heavy atom. The van der Waals surface area contributed by atoms with Crippen molar-refractivity contribution < 1.29 is 9.90 Å². The van der Waals surface area contributed by atoms with Crippen LogP contribution in [0.5, 0.6) is 0 Å². The molecule has 0 aliphatic carbocycles. The van der Waals surface area contributed by atoms with Gasteiger partial charge in [0.25, 0.3) is 0 Å². The Morgan fingerprint density at radius 1 is 1.50 bits per heavy atom. The molecule has 0 aromatic carbocycles. The van der Waals surface area contributed by atoms with Gasteiger partial charge in [-0.3, -0.25) is 4.98 Å². The molecule has 0 bridgehead atoms. The fourth-order valence-corrected chi connectivity index (χ4v) is 3.49. The Hall–Kier alpha value is -1.75. The summed E-state index contributed by atoms with van der Waals surface area (Å²) in [6.07, 6.45) is 5.47. The summed E-state index contributed by atoms with van der Waals surface area (Å²) >= 11 is 1.76. The van der Waals surface area contributed by atoms with Crippen molar-refractivity contribution in [3.05, 3.63) is 53.6 Å². The Labute approximate surface area is 109 Å². The molecular formula is C13H12N2O2S. The first-order valence-electron chi connectivity index (χ1n) is 5.68. The molecule has 1 aliphatic rings. The first-order chi connectivity index (χ1) is 8.77. The molecule has 2 aromatic rings. The van der Waals surface area contributed by atoms with Crippen LogP contribution in [0.3, 0.4) is 0 Å². The van der Waals surface area contributed by atoms with Crippen LogP contribution >= 0.6 is 11.8 Å². The zero-order valence-corrected chi connectivity index (χ0v) is 10.4. The van der Waals surface area contributed by atoms with Crippen molar-refractivity contribution >= 4 is 17.7 Å². The number of aromatic carboxylic acids is 1. The summed E-state index contributed by atoms with van der Waals surface area (Å²) in [5, 5.41) is 9.15. The van der Waals surface area contributed by atoms with Gasteiger partial charge in [0.1, 0.15) is 0 Å². The van der Waals surface area contributed by atoms with E-state index in [1.165, 1.54) is 0 Å². The molecule has 92 valence electrons.